The average Bonchev–Trinajstić information content (AvgIpc) is 3.40. The minimum absolute atomic E-state index is 0.0655. The van der Waals surface area contributed by atoms with Gasteiger partial charge in [0.1, 0.15) is 5.76 Å². The minimum Gasteiger partial charge on any atom is -0.468 e. The summed E-state index contributed by atoms with van der Waals surface area (Å²) in [6, 6.07) is 12.7. The second kappa shape index (κ2) is 7.76. The Kier molecular flexibility index (Phi) is 4.95. The molecule has 0 fully saturated rings. The number of amides is 1. The third-order valence-electron chi connectivity index (χ3n) is 6.66. The molecule has 2 aromatic heterocycles. The monoisotopic (exact) mass is 404 g/mol. The molecular formula is C24H28N4O2. The van der Waals surface area contributed by atoms with Crippen LogP contribution in [-0.2, 0) is 39.4 Å². The number of hydrogen-bond donors (Lipinski definition) is 0. The van der Waals surface area contributed by atoms with Crippen molar-refractivity contribution in [3.05, 3.63) is 76.5 Å². The number of furan rings is 1. The Morgan fingerprint density at radius 1 is 1.20 bits per heavy atom. The number of aromatic nitrogens is 2. The average molecular weight is 405 g/mol. The van der Waals surface area contributed by atoms with Gasteiger partial charge in [0.05, 0.1) is 12.8 Å². The quantitative estimate of drug-likeness (QED) is 0.670. The molecule has 0 spiro atoms. The van der Waals surface area contributed by atoms with E-state index in [0.29, 0.717) is 18.3 Å². The van der Waals surface area contributed by atoms with Crippen LogP contribution in [-0.4, -0.2) is 45.1 Å². The predicted octanol–water partition coefficient (Wildman–Crippen LogP) is 3.20. The molecule has 0 radical (unpaired) electrons. The second-order valence-corrected chi connectivity index (χ2v) is 8.53. The van der Waals surface area contributed by atoms with Gasteiger partial charge in [0.15, 0.2) is 5.69 Å². The van der Waals surface area contributed by atoms with E-state index in [2.05, 4.69) is 41.3 Å². The van der Waals surface area contributed by atoms with Crippen molar-refractivity contribution >= 4 is 5.91 Å². The van der Waals surface area contributed by atoms with Gasteiger partial charge in [-0.3, -0.25) is 14.4 Å². The maximum absolute atomic E-state index is 13.4. The van der Waals surface area contributed by atoms with Crippen molar-refractivity contribution in [2.75, 3.05) is 13.6 Å². The molecule has 6 nitrogen and oxygen atoms in total. The highest BCUT2D eigenvalue weighted by Crippen LogP contribution is 2.29. The Balaban J connectivity index is 1.36. The van der Waals surface area contributed by atoms with Gasteiger partial charge in [-0.15, -0.1) is 0 Å². The van der Waals surface area contributed by atoms with E-state index in [9.17, 15) is 4.79 Å². The summed E-state index contributed by atoms with van der Waals surface area (Å²) in [6.45, 7) is 2.20. The Bertz CT molecular complexity index is 1050. The minimum atomic E-state index is 0.0655. The molecule has 0 N–H and O–H groups in total. The molecule has 0 saturated carbocycles. The molecule has 156 valence electrons. The van der Waals surface area contributed by atoms with Crippen LogP contribution in [0.5, 0.6) is 0 Å². The van der Waals surface area contributed by atoms with E-state index in [1.54, 1.807) is 6.26 Å². The SMILES string of the molecule is CN(Cc1ccco1)C1CCc2c(c(C(=O)N3CCc4ccccc4C3)nn2C)C1. The van der Waals surface area contributed by atoms with Crippen LogP contribution in [0.15, 0.2) is 47.1 Å². The van der Waals surface area contributed by atoms with Gasteiger partial charge in [-0.2, -0.15) is 5.10 Å². The summed E-state index contributed by atoms with van der Waals surface area (Å²) in [4.78, 5) is 17.7. The largest absolute Gasteiger partial charge is 0.468 e. The van der Waals surface area contributed by atoms with Gasteiger partial charge in [-0.1, -0.05) is 24.3 Å². The molecule has 1 aliphatic carbocycles. The summed E-state index contributed by atoms with van der Waals surface area (Å²) in [5, 5.41) is 4.68. The first kappa shape index (κ1) is 19.1. The van der Waals surface area contributed by atoms with Crippen LogP contribution in [0.1, 0.15) is 45.1 Å². The summed E-state index contributed by atoms with van der Waals surface area (Å²) in [6.07, 6.45) is 5.49. The molecule has 1 aromatic carbocycles. The van der Waals surface area contributed by atoms with Crippen LogP contribution >= 0.6 is 0 Å². The number of aryl methyl sites for hydroxylation is 1. The highest BCUT2D eigenvalue weighted by molar-refractivity contribution is 5.94. The number of nitrogens with zero attached hydrogens (tertiary/aromatic N) is 4. The second-order valence-electron chi connectivity index (χ2n) is 8.53. The third-order valence-corrected chi connectivity index (χ3v) is 6.66. The van der Waals surface area contributed by atoms with Gasteiger partial charge in [-0.05, 0) is 56.0 Å². The van der Waals surface area contributed by atoms with E-state index in [-0.39, 0.29) is 5.91 Å². The molecule has 3 aromatic rings. The van der Waals surface area contributed by atoms with E-state index in [4.69, 9.17) is 4.42 Å². The Hall–Kier alpha value is -2.86. The zero-order valence-corrected chi connectivity index (χ0v) is 17.7. The van der Waals surface area contributed by atoms with Crippen molar-refractivity contribution in [1.82, 2.24) is 19.6 Å². The molecule has 6 heteroatoms. The zero-order valence-electron chi connectivity index (χ0n) is 17.7. The molecule has 2 aliphatic rings. The lowest BCUT2D eigenvalue weighted by Gasteiger charge is -2.32. The topological polar surface area (TPSA) is 54.5 Å². The van der Waals surface area contributed by atoms with E-state index in [1.165, 1.54) is 16.8 Å². The maximum atomic E-state index is 13.4. The van der Waals surface area contributed by atoms with Crippen molar-refractivity contribution in [1.29, 1.82) is 0 Å². The molecule has 0 saturated heterocycles. The predicted molar refractivity (Wildman–Crippen MR) is 114 cm³/mol. The molecule has 1 amide bonds. The lowest BCUT2D eigenvalue weighted by atomic mass is 9.90. The van der Waals surface area contributed by atoms with Gasteiger partial charge in [0, 0.05) is 37.4 Å². The molecule has 1 aliphatic heterocycles. The zero-order chi connectivity index (χ0) is 20.7. The first-order chi connectivity index (χ1) is 14.6. The highest BCUT2D eigenvalue weighted by Gasteiger charge is 2.32. The highest BCUT2D eigenvalue weighted by atomic mass is 16.3. The third kappa shape index (κ3) is 3.45. The van der Waals surface area contributed by atoms with Gasteiger partial charge in [-0.25, -0.2) is 0 Å². The fourth-order valence-electron chi connectivity index (χ4n) is 4.92. The summed E-state index contributed by atoms with van der Waals surface area (Å²) < 4.78 is 7.44. The van der Waals surface area contributed by atoms with E-state index in [0.717, 1.165) is 50.1 Å². The molecule has 5 rings (SSSR count). The van der Waals surface area contributed by atoms with Crippen LogP contribution in [0.3, 0.4) is 0 Å². The van der Waals surface area contributed by atoms with Crippen LogP contribution in [0, 0.1) is 0 Å². The van der Waals surface area contributed by atoms with E-state index >= 15 is 0 Å². The van der Waals surface area contributed by atoms with Gasteiger partial charge < -0.3 is 9.32 Å². The first-order valence-electron chi connectivity index (χ1n) is 10.7. The lowest BCUT2D eigenvalue weighted by molar-refractivity contribution is 0.0726. The standard InChI is InChI=1S/C24H28N4O2/c1-26(16-20-8-5-13-30-20)19-9-10-22-21(14-19)23(25-27(22)2)24(29)28-12-11-17-6-3-4-7-18(17)15-28/h3-8,13,19H,9-12,14-16H2,1-2H3. The molecular weight excluding hydrogens is 376 g/mol. The smallest absolute Gasteiger partial charge is 0.274 e. The van der Waals surface area contributed by atoms with Gasteiger partial charge in [0.2, 0.25) is 0 Å². The molecule has 1 unspecified atom stereocenters. The summed E-state index contributed by atoms with van der Waals surface area (Å²) in [5.41, 5.74) is 5.58. The summed E-state index contributed by atoms with van der Waals surface area (Å²) in [7, 11) is 4.10. The summed E-state index contributed by atoms with van der Waals surface area (Å²) in [5.74, 6) is 1.04. The lowest BCUT2D eigenvalue weighted by Crippen LogP contribution is -2.38. The van der Waals surface area contributed by atoms with Crippen LogP contribution in [0.4, 0.5) is 0 Å². The number of fused-ring (bicyclic) bond motifs is 2. The van der Waals surface area contributed by atoms with Crippen molar-refractivity contribution in [2.24, 2.45) is 7.05 Å². The number of benzene rings is 1. The molecule has 0 bridgehead atoms. The maximum Gasteiger partial charge on any atom is 0.274 e. The van der Waals surface area contributed by atoms with Crippen molar-refractivity contribution in [2.45, 2.75) is 44.8 Å². The number of rotatable bonds is 4. The first-order valence-corrected chi connectivity index (χ1v) is 10.7. The molecule has 30 heavy (non-hydrogen) atoms. The normalized spacial score (nSPS) is 18.4. The Morgan fingerprint density at radius 3 is 2.83 bits per heavy atom. The van der Waals surface area contributed by atoms with Gasteiger partial charge in [0.25, 0.3) is 5.91 Å². The van der Waals surface area contributed by atoms with E-state index in [1.807, 2.05) is 28.8 Å². The van der Waals surface area contributed by atoms with Crippen LogP contribution in [0.2, 0.25) is 0 Å². The van der Waals surface area contributed by atoms with Crippen molar-refractivity contribution < 1.29 is 9.21 Å². The number of hydrogen-bond acceptors (Lipinski definition) is 4. The number of carbonyl (C=O) groups is 1. The summed E-state index contributed by atoms with van der Waals surface area (Å²) >= 11 is 0. The van der Waals surface area contributed by atoms with E-state index < -0.39 is 0 Å². The van der Waals surface area contributed by atoms with Crippen LogP contribution < -0.4 is 0 Å². The fraction of sp³-hybridized carbons (Fsp3) is 0.417. The van der Waals surface area contributed by atoms with Crippen molar-refractivity contribution in [3.8, 4) is 0 Å². The molecule has 1 atom stereocenters. The number of likely N-dealkylation sites (N-methyl/N-ethyl adjacent to an activating group) is 1. The van der Waals surface area contributed by atoms with Crippen LogP contribution in [0.25, 0.3) is 0 Å². The van der Waals surface area contributed by atoms with Gasteiger partial charge >= 0.3 is 0 Å². The molecule has 3 heterocycles. The Morgan fingerprint density at radius 2 is 2.03 bits per heavy atom. The fourth-order valence-corrected chi connectivity index (χ4v) is 4.92. The Labute approximate surface area is 177 Å². The van der Waals surface area contributed by atoms with Crippen molar-refractivity contribution in [3.63, 3.8) is 0 Å². The number of carbonyl (C=O) groups excluding carboxylic acids is 1.